The van der Waals surface area contributed by atoms with Gasteiger partial charge in [-0.1, -0.05) is 162 Å². The van der Waals surface area contributed by atoms with E-state index in [9.17, 15) is 0 Å². The van der Waals surface area contributed by atoms with Gasteiger partial charge in [-0.3, -0.25) is 0 Å². The van der Waals surface area contributed by atoms with Gasteiger partial charge < -0.3 is 9.13 Å². The predicted octanol–water partition coefficient (Wildman–Crippen LogP) is 14.8. The molecule has 0 aliphatic carbocycles. The molecule has 2 aromatic heterocycles. The van der Waals surface area contributed by atoms with Gasteiger partial charge in [0.05, 0.1) is 11.4 Å². The van der Waals surface area contributed by atoms with Crippen LogP contribution in [0.25, 0.3) is 67.3 Å². The third-order valence-corrected chi connectivity index (χ3v) is 11.1. The molecule has 278 valence electrons. The summed E-state index contributed by atoms with van der Waals surface area (Å²) in [6.45, 7) is 17.9. The molecule has 8 aromatic rings. The minimum absolute atomic E-state index is 0.0997. The second kappa shape index (κ2) is 14.5. The summed E-state index contributed by atoms with van der Waals surface area (Å²) in [5.74, 6) is 0. The molecule has 0 unspecified atom stereocenters. The Hall–Kier alpha value is -6.12. The first kappa shape index (κ1) is 36.8. The zero-order valence-electron chi connectivity index (χ0n) is 34.1. The van der Waals surface area contributed by atoms with Crippen LogP contribution in [-0.4, -0.2) is 9.13 Å². The van der Waals surface area contributed by atoms with Crippen molar-refractivity contribution in [3.05, 3.63) is 192 Å². The Morgan fingerprint density at radius 3 is 1.02 bits per heavy atom. The lowest BCUT2D eigenvalue weighted by Crippen LogP contribution is -2.10. The molecule has 2 nitrogen and oxygen atoms in total. The van der Waals surface area contributed by atoms with Crippen LogP contribution in [0, 0.1) is 13.8 Å². The van der Waals surface area contributed by atoms with Crippen molar-refractivity contribution < 1.29 is 0 Å². The maximum Gasteiger partial charge on any atom is 0.0606 e. The summed E-state index contributed by atoms with van der Waals surface area (Å²) in [5, 5.41) is 0. The molecule has 0 bridgehead atoms. The summed E-state index contributed by atoms with van der Waals surface area (Å²) in [6, 6.07) is 58.5. The Balaban J connectivity index is 1.20. The topological polar surface area (TPSA) is 9.86 Å². The number of hydrogen-bond acceptors (Lipinski definition) is 0. The molecule has 2 heterocycles. The number of hydrogen-bond donors (Lipinski definition) is 0. The van der Waals surface area contributed by atoms with E-state index in [-0.39, 0.29) is 10.8 Å². The van der Waals surface area contributed by atoms with Crippen molar-refractivity contribution in [3.63, 3.8) is 0 Å². The average molecular weight is 729 g/mol. The fraction of sp³-hybridized carbons (Fsp3) is 0.185. The van der Waals surface area contributed by atoms with Crippen molar-refractivity contribution in [3.8, 4) is 67.3 Å². The minimum atomic E-state index is 0.0997. The van der Waals surface area contributed by atoms with E-state index in [1.54, 1.807) is 0 Å². The first-order valence-electron chi connectivity index (χ1n) is 19.8. The first-order valence-corrected chi connectivity index (χ1v) is 19.8. The summed E-state index contributed by atoms with van der Waals surface area (Å²) < 4.78 is 4.68. The van der Waals surface area contributed by atoms with E-state index in [2.05, 4.69) is 235 Å². The SMILES string of the molecule is Cc1ccc(-c2c(-c3cccc(-c4cccc(-c5ccn(-c6ccc(C(C)(C)C)cc6)c5-c5ccc(C)cc5)c4)c3)ccn2-c2ccc(C(C)(C)C)cc2)cc1. The van der Waals surface area contributed by atoms with Crippen LogP contribution in [0.3, 0.4) is 0 Å². The maximum atomic E-state index is 2.35. The lowest BCUT2D eigenvalue weighted by Gasteiger charge is -2.20. The minimum Gasteiger partial charge on any atom is -0.316 e. The molecule has 0 N–H and O–H groups in total. The molecule has 0 amide bonds. The lowest BCUT2D eigenvalue weighted by atomic mass is 9.87. The van der Waals surface area contributed by atoms with Gasteiger partial charge in [0.1, 0.15) is 0 Å². The molecule has 0 spiro atoms. The smallest absolute Gasteiger partial charge is 0.0606 e. The molecular formula is C54H52N2. The number of benzene rings is 6. The van der Waals surface area contributed by atoms with E-state index in [1.807, 2.05) is 0 Å². The molecule has 0 saturated heterocycles. The summed E-state index contributed by atoms with van der Waals surface area (Å²) in [5.41, 5.74) is 19.7. The van der Waals surface area contributed by atoms with E-state index in [1.165, 1.54) is 78.1 Å². The Kier molecular flexibility index (Phi) is 9.54. The second-order valence-electron chi connectivity index (χ2n) is 17.4. The lowest BCUT2D eigenvalue weighted by molar-refractivity contribution is 0.590. The second-order valence-corrected chi connectivity index (χ2v) is 17.4. The average Bonchev–Trinajstić information content (AvgIpc) is 3.84. The summed E-state index contributed by atoms with van der Waals surface area (Å²) >= 11 is 0. The highest BCUT2D eigenvalue weighted by Crippen LogP contribution is 2.40. The Morgan fingerprint density at radius 2 is 0.679 bits per heavy atom. The molecule has 0 aliphatic rings. The van der Waals surface area contributed by atoms with Crippen molar-refractivity contribution in [2.75, 3.05) is 0 Å². The molecule has 0 atom stereocenters. The number of aryl methyl sites for hydroxylation is 2. The molecule has 0 saturated carbocycles. The van der Waals surface area contributed by atoms with Gasteiger partial charge in [0, 0.05) is 34.9 Å². The quantitative estimate of drug-likeness (QED) is 0.155. The van der Waals surface area contributed by atoms with Gasteiger partial charge in [-0.2, -0.15) is 0 Å². The first-order chi connectivity index (χ1) is 26.8. The van der Waals surface area contributed by atoms with Crippen molar-refractivity contribution in [1.29, 1.82) is 0 Å². The molecule has 2 heteroatoms. The molecule has 0 radical (unpaired) electrons. The van der Waals surface area contributed by atoms with E-state index in [0.717, 1.165) is 11.4 Å². The van der Waals surface area contributed by atoms with Crippen LogP contribution < -0.4 is 0 Å². The standard InChI is InChI=1S/C54H52N2/c1-37-15-19-39(20-16-37)51-49(31-33-55(51)47-27-23-45(24-28-47)53(3,4)5)43-13-9-11-41(35-43)42-12-10-14-44(36-42)50-32-34-56(52(50)40-21-17-38(2)18-22-40)48-29-25-46(26-30-48)54(6,7)8/h9-36H,1-8H3. The van der Waals surface area contributed by atoms with E-state index < -0.39 is 0 Å². The highest BCUT2D eigenvalue weighted by molar-refractivity contribution is 5.88. The number of aromatic nitrogens is 2. The maximum absolute atomic E-state index is 2.35. The molecule has 8 rings (SSSR count). The Bertz CT molecular complexity index is 2430. The van der Waals surface area contributed by atoms with Gasteiger partial charge >= 0.3 is 0 Å². The van der Waals surface area contributed by atoms with E-state index in [0.29, 0.717) is 0 Å². The summed E-state index contributed by atoms with van der Waals surface area (Å²) in [7, 11) is 0. The molecule has 0 fully saturated rings. The van der Waals surface area contributed by atoms with Crippen molar-refractivity contribution in [1.82, 2.24) is 9.13 Å². The largest absolute Gasteiger partial charge is 0.316 e. The predicted molar refractivity (Wildman–Crippen MR) is 239 cm³/mol. The highest BCUT2D eigenvalue weighted by atomic mass is 15.0. The summed E-state index contributed by atoms with van der Waals surface area (Å²) in [4.78, 5) is 0. The van der Waals surface area contributed by atoms with Crippen LogP contribution in [0.1, 0.15) is 63.8 Å². The van der Waals surface area contributed by atoms with Crippen LogP contribution in [0.15, 0.2) is 170 Å². The number of nitrogens with zero attached hydrogens (tertiary/aromatic N) is 2. The van der Waals surface area contributed by atoms with E-state index in [4.69, 9.17) is 0 Å². The van der Waals surface area contributed by atoms with Gasteiger partial charge in [0.15, 0.2) is 0 Å². The monoisotopic (exact) mass is 728 g/mol. The molecule has 0 aliphatic heterocycles. The van der Waals surface area contributed by atoms with Crippen LogP contribution in [0.2, 0.25) is 0 Å². The van der Waals surface area contributed by atoms with Crippen molar-refractivity contribution >= 4 is 0 Å². The van der Waals surface area contributed by atoms with E-state index >= 15 is 0 Å². The Labute approximate surface area is 333 Å². The van der Waals surface area contributed by atoms with Crippen LogP contribution in [-0.2, 0) is 10.8 Å². The van der Waals surface area contributed by atoms with Gasteiger partial charge in [0.25, 0.3) is 0 Å². The van der Waals surface area contributed by atoms with Gasteiger partial charge in [-0.05, 0) is 118 Å². The normalized spacial score (nSPS) is 11.9. The van der Waals surface area contributed by atoms with Gasteiger partial charge in [-0.25, -0.2) is 0 Å². The zero-order chi connectivity index (χ0) is 39.2. The van der Waals surface area contributed by atoms with Crippen LogP contribution >= 0.6 is 0 Å². The summed E-state index contributed by atoms with van der Waals surface area (Å²) in [6.07, 6.45) is 4.44. The van der Waals surface area contributed by atoms with Gasteiger partial charge in [0.2, 0.25) is 0 Å². The highest BCUT2D eigenvalue weighted by Gasteiger charge is 2.20. The van der Waals surface area contributed by atoms with Crippen molar-refractivity contribution in [2.45, 2.75) is 66.2 Å². The Morgan fingerprint density at radius 1 is 0.339 bits per heavy atom. The van der Waals surface area contributed by atoms with Crippen LogP contribution in [0.4, 0.5) is 0 Å². The molecular weight excluding hydrogens is 677 g/mol. The molecule has 6 aromatic carbocycles. The molecule has 56 heavy (non-hydrogen) atoms. The number of rotatable bonds is 7. The van der Waals surface area contributed by atoms with Crippen LogP contribution in [0.5, 0.6) is 0 Å². The fourth-order valence-corrected chi connectivity index (χ4v) is 7.75. The third-order valence-electron chi connectivity index (χ3n) is 11.1. The third kappa shape index (κ3) is 7.32. The fourth-order valence-electron chi connectivity index (χ4n) is 7.75. The van der Waals surface area contributed by atoms with Gasteiger partial charge in [-0.15, -0.1) is 0 Å². The zero-order valence-corrected chi connectivity index (χ0v) is 34.1. The van der Waals surface area contributed by atoms with Crippen molar-refractivity contribution in [2.24, 2.45) is 0 Å².